The third-order valence-electron chi connectivity index (χ3n) is 2.42. The Bertz CT molecular complexity index is 454. The number of ether oxygens (including phenoxy) is 1. The van der Waals surface area contributed by atoms with Crippen LogP contribution in [0.2, 0.25) is 0 Å². The zero-order valence-corrected chi connectivity index (χ0v) is 11.3. The molecule has 3 heteroatoms. The van der Waals surface area contributed by atoms with Crippen molar-refractivity contribution in [1.29, 1.82) is 0 Å². The molecule has 16 heavy (non-hydrogen) atoms. The van der Waals surface area contributed by atoms with Crippen molar-refractivity contribution in [3.8, 4) is 16.9 Å². The molecule has 0 radical (unpaired) electrons. The molecule has 0 saturated carbocycles. The minimum Gasteiger partial charge on any atom is -1.00 e. The third-order valence-corrected chi connectivity index (χ3v) is 3.03. The van der Waals surface area contributed by atoms with E-state index in [2.05, 4.69) is 36.4 Å². The molecular weight excluding hydrogens is 239 g/mol. The topological polar surface area (TPSA) is 9.23 Å². The van der Waals surface area contributed by atoms with Gasteiger partial charge in [0.2, 0.25) is 0 Å². The molecule has 0 saturated heterocycles. The Morgan fingerprint density at radius 1 is 0.938 bits per heavy atom. The average Bonchev–Trinajstić information content (AvgIpc) is 2.30. The molecule has 0 aliphatic rings. The van der Waals surface area contributed by atoms with E-state index in [1.165, 1.54) is 16.4 Å². The molecule has 2 rings (SSSR count). The van der Waals surface area contributed by atoms with Gasteiger partial charge in [-0.1, -0.05) is 30.3 Å². The third kappa shape index (κ3) is 2.75. The summed E-state index contributed by atoms with van der Waals surface area (Å²) in [7, 11) is 3.60. The molecule has 0 aromatic heterocycles. The van der Waals surface area contributed by atoms with E-state index in [1.807, 2.05) is 21.4 Å². The van der Waals surface area contributed by atoms with Crippen LogP contribution in [0, 0.1) is 0 Å². The van der Waals surface area contributed by atoms with Crippen molar-refractivity contribution in [2.24, 2.45) is 0 Å². The van der Waals surface area contributed by atoms with Gasteiger partial charge in [-0.3, -0.25) is 0 Å². The maximum Gasteiger partial charge on any atom is 0.118 e. The number of halogens is 1. The second-order valence-corrected chi connectivity index (χ2v) is 4.15. The van der Waals surface area contributed by atoms with E-state index in [0.717, 1.165) is 5.75 Å². The normalized spacial score (nSPS) is 9.56. The summed E-state index contributed by atoms with van der Waals surface area (Å²) < 4.78 is 5.14. The van der Waals surface area contributed by atoms with Gasteiger partial charge in [0.25, 0.3) is 0 Å². The second kappa shape index (κ2) is 5.89. The Morgan fingerprint density at radius 3 is 2.12 bits per heavy atom. The van der Waals surface area contributed by atoms with Gasteiger partial charge in [0.15, 0.2) is 0 Å². The summed E-state index contributed by atoms with van der Waals surface area (Å²) in [6.45, 7) is 0. The predicted octanol–water partition coefficient (Wildman–Crippen LogP) is -0.401. The number of methoxy groups -OCH3 is 1. The molecule has 1 atom stereocenters. The lowest BCUT2D eigenvalue weighted by Gasteiger charge is -2.04. The van der Waals surface area contributed by atoms with E-state index >= 15 is 0 Å². The summed E-state index contributed by atoms with van der Waals surface area (Å²) >= 11 is 0. The number of hydrogen-bond donors (Lipinski definition) is 0. The Kier molecular flexibility index (Phi) is 4.79. The molecule has 1 unspecified atom stereocenters. The van der Waals surface area contributed by atoms with Crippen LogP contribution in [0.25, 0.3) is 11.1 Å². The van der Waals surface area contributed by atoms with Crippen molar-refractivity contribution < 1.29 is 17.1 Å². The molecule has 0 aliphatic carbocycles. The molecule has 0 spiro atoms. The molecule has 2 aromatic rings. The van der Waals surface area contributed by atoms with Crippen molar-refractivity contribution in [3.63, 3.8) is 0 Å². The van der Waals surface area contributed by atoms with Crippen LogP contribution in [0.3, 0.4) is 0 Å². The summed E-state index contributed by atoms with van der Waals surface area (Å²) in [5, 5.41) is 1.32. The largest absolute Gasteiger partial charge is 1.00 e. The average molecular weight is 253 g/mol. The maximum atomic E-state index is 5.14. The zero-order chi connectivity index (χ0) is 10.7. The SMILES string of the molecule is COc1ccc(-c2ccccc2[PH3+])cc1.[Cl-]. The summed E-state index contributed by atoms with van der Waals surface area (Å²) in [5.74, 6) is 0.898. The number of hydrogen-bond acceptors (Lipinski definition) is 1. The highest BCUT2D eigenvalue weighted by molar-refractivity contribution is 7.28. The molecule has 84 valence electrons. The standard InChI is InChI=1S/C13H13OP.ClH/c1-14-11-8-6-10(7-9-11)12-4-2-3-5-13(12)15;/h2-9H,15H2,1H3;1H. The summed E-state index contributed by atoms with van der Waals surface area (Å²) in [6, 6.07) is 16.6. The minimum atomic E-state index is 0. The molecular formula is C13H14ClOP. The number of rotatable bonds is 2. The van der Waals surface area contributed by atoms with E-state index in [9.17, 15) is 0 Å². The fourth-order valence-electron chi connectivity index (χ4n) is 1.57. The van der Waals surface area contributed by atoms with Gasteiger partial charge in [0.05, 0.1) is 12.4 Å². The van der Waals surface area contributed by atoms with Gasteiger partial charge in [-0.25, -0.2) is 0 Å². The van der Waals surface area contributed by atoms with Crippen LogP contribution < -0.4 is 22.4 Å². The van der Waals surface area contributed by atoms with Crippen LogP contribution in [0.5, 0.6) is 5.75 Å². The van der Waals surface area contributed by atoms with Crippen LogP contribution in [0.4, 0.5) is 0 Å². The minimum absolute atomic E-state index is 0. The molecule has 0 amide bonds. The van der Waals surface area contributed by atoms with Crippen molar-refractivity contribution in [3.05, 3.63) is 48.5 Å². The smallest absolute Gasteiger partial charge is 0.118 e. The van der Waals surface area contributed by atoms with Gasteiger partial charge in [-0.15, -0.1) is 0 Å². The molecule has 0 bridgehead atoms. The van der Waals surface area contributed by atoms with E-state index < -0.39 is 0 Å². The molecule has 0 heterocycles. The van der Waals surface area contributed by atoms with Gasteiger partial charge in [0.1, 0.15) is 5.75 Å². The summed E-state index contributed by atoms with van der Waals surface area (Å²) in [5.41, 5.74) is 2.53. The first kappa shape index (κ1) is 13.0. The highest BCUT2D eigenvalue weighted by Crippen LogP contribution is 2.21. The Labute approximate surface area is 104 Å². The van der Waals surface area contributed by atoms with E-state index in [0.29, 0.717) is 0 Å². The molecule has 1 nitrogen and oxygen atoms in total. The zero-order valence-electron chi connectivity index (χ0n) is 9.11. The van der Waals surface area contributed by atoms with Crippen molar-refractivity contribution >= 4 is 14.5 Å². The van der Waals surface area contributed by atoms with Gasteiger partial charge in [0, 0.05) is 14.8 Å². The van der Waals surface area contributed by atoms with Gasteiger partial charge < -0.3 is 17.1 Å². The van der Waals surface area contributed by atoms with E-state index in [-0.39, 0.29) is 12.4 Å². The first-order chi connectivity index (χ1) is 7.31. The van der Waals surface area contributed by atoms with Crippen LogP contribution in [-0.4, -0.2) is 7.11 Å². The maximum absolute atomic E-state index is 5.14. The lowest BCUT2D eigenvalue weighted by Crippen LogP contribution is -3.00. The quantitative estimate of drug-likeness (QED) is 0.661. The van der Waals surface area contributed by atoms with E-state index in [1.54, 1.807) is 7.11 Å². The molecule has 0 N–H and O–H groups in total. The molecule has 2 aromatic carbocycles. The van der Waals surface area contributed by atoms with Crippen LogP contribution in [0.1, 0.15) is 0 Å². The van der Waals surface area contributed by atoms with Crippen LogP contribution >= 0.6 is 9.24 Å². The highest BCUT2D eigenvalue weighted by atomic mass is 35.5. The summed E-state index contributed by atoms with van der Waals surface area (Å²) in [4.78, 5) is 0. The highest BCUT2D eigenvalue weighted by Gasteiger charge is 2.03. The fraction of sp³-hybridized carbons (Fsp3) is 0.0769. The van der Waals surface area contributed by atoms with Crippen LogP contribution in [0.15, 0.2) is 48.5 Å². The van der Waals surface area contributed by atoms with Gasteiger partial charge in [-0.05, 0) is 23.8 Å². The fourth-order valence-corrected chi connectivity index (χ4v) is 2.03. The van der Waals surface area contributed by atoms with Crippen LogP contribution in [-0.2, 0) is 0 Å². The first-order valence-electron chi connectivity index (χ1n) is 4.86. The first-order valence-corrected chi connectivity index (χ1v) is 5.57. The van der Waals surface area contributed by atoms with Crippen molar-refractivity contribution in [2.75, 3.05) is 7.11 Å². The number of benzene rings is 2. The predicted molar refractivity (Wildman–Crippen MR) is 69.2 cm³/mol. The van der Waals surface area contributed by atoms with Crippen molar-refractivity contribution in [2.45, 2.75) is 0 Å². The molecule has 0 fully saturated rings. The monoisotopic (exact) mass is 252 g/mol. The molecule has 0 aliphatic heterocycles. The van der Waals surface area contributed by atoms with Crippen molar-refractivity contribution in [1.82, 2.24) is 0 Å². The second-order valence-electron chi connectivity index (χ2n) is 3.39. The Balaban J connectivity index is 0.00000128. The van der Waals surface area contributed by atoms with Gasteiger partial charge >= 0.3 is 0 Å². The van der Waals surface area contributed by atoms with Gasteiger partial charge in [-0.2, -0.15) is 0 Å². The lowest BCUT2D eigenvalue weighted by molar-refractivity contribution is -0.00000315. The Morgan fingerprint density at radius 2 is 1.56 bits per heavy atom. The van der Waals surface area contributed by atoms with E-state index in [4.69, 9.17) is 4.74 Å². The Hall–Kier alpha value is -1.04. The summed E-state index contributed by atoms with van der Waals surface area (Å²) in [6.07, 6.45) is 0. The lowest BCUT2D eigenvalue weighted by atomic mass is 10.1.